The van der Waals surface area contributed by atoms with Crippen molar-refractivity contribution in [2.75, 3.05) is 46.5 Å². The summed E-state index contributed by atoms with van der Waals surface area (Å²) < 4.78 is 10.4. The molecule has 0 N–H and O–H groups in total. The molecular formula is C16H24N4O3. The van der Waals surface area contributed by atoms with Crippen LogP contribution < -0.4 is 4.74 Å². The molecule has 1 aromatic rings. The molecule has 0 bridgehead atoms. The molecule has 2 aliphatic heterocycles. The number of rotatable bonds is 4. The maximum atomic E-state index is 12.7. The van der Waals surface area contributed by atoms with Gasteiger partial charge in [0.1, 0.15) is 0 Å². The molecule has 0 unspecified atom stereocenters. The predicted octanol–water partition coefficient (Wildman–Crippen LogP) is 0.668. The average molecular weight is 320 g/mol. The lowest BCUT2D eigenvalue weighted by Gasteiger charge is -2.34. The summed E-state index contributed by atoms with van der Waals surface area (Å²) in [5.74, 6) is 0.873. The SMILES string of the molecule is CC[C@@H]1CN(C(=O)c2ccc(OC)nn2)C[C@H]1N1CCOCC1. The molecule has 0 radical (unpaired) electrons. The summed E-state index contributed by atoms with van der Waals surface area (Å²) in [5, 5.41) is 7.87. The zero-order chi connectivity index (χ0) is 16.2. The van der Waals surface area contributed by atoms with Crippen LogP contribution in [-0.2, 0) is 4.74 Å². The molecule has 126 valence electrons. The second-order valence-corrected chi connectivity index (χ2v) is 6.06. The third kappa shape index (κ3) is 3.45. The minimum absolute atomic E-state index is 0.0469. The molecule has 23 heavy (non-hydrogen) atoms. The highest BCUT2D eigenvalue weighted by molar-refractivity contribution is 5.92. The Morgan fingerprint density at radius 3 is 2.70 bits per heavy atom. The minimum Gasteiger partial charge on any atom is -0.480 e. The van der Waals surface area contributed by atoms with Gasteiger partial charge in [-0.05, 0) is 12.0 Å². The molecule has 1 aromatic heterocycles. The van der Waals surface area contributed by atoms with Crippen molar-refractivity contribution >= 4 is 5.91 Å². The van der Waals surface area contributed by atoms with Crippen LogP contribution in [0.15, 0.2) is 12.1 Å². The Morgan fingerprint density at radius 2 is 2.09 bits per heavy atom. The Bertz CT molecular complexity index is 531. The Balaban J connectivity index is 1.69. The van der Waals surface area contributed by atoms with Crippen molar-refractivity contribution < 1.29 is 14.3 Å². The molecule has 1 amide bonds. The van der Waals surface area contributed by atoms with Gasteiger partial charge < -0.3 is 14.4 Å². The number of ether oxygens (including phenoxy) is 2. The van der Waals surface area contributed by atoms with Gasteiger partial charge in [-0.2, -0.15) is 0 Å². The zero-order valence-electron chi connectivity index (χ0n) is 13.8. The molecule has 0 spiro atoms. The lowest BCUT2D eigenvalue weighted by molar-refractivity contribution is 0.0102. The third-order valence-corrected chi connectivity index (χ3v) is 4.80. The molecular weight excluding hydrogens is 296 g/mol. The first-order chi connectivity index (χ1) is 11.2. The van der Waals surface area contributed by atoms with Crippen molar-refractivity contribution in [1.82, 2.24) is 20.0 Å². The van der Waals surface area contributed by atoms with Gasteiger partial charge in [0.05, 0.1) is 20.3 Å². The molecule has 0 aromatic carbocycles. The quantitative estimate of drug-likeness (QED) is 0.812. The number of methoxy groups -OCH3 is 1. The van der Waals surface area contributed by atoms with E-state index in [0.29, 0.717) is 23.5 Å². The Hall–Kier alpha value is -1.73. The van der Waals surface area contributed by atoms with Crippen molar-refractivity contribution in [3.63, 3.8) is 0 Å². The van der Waals surface area contributed by atoms with E-state index in [0.717, 1.165) is 45.8 Å². The number of nitrogens with zero attached hydrogens (tertiary/aromatic N) is 4. The number of amides is 1. The summed E-state index contributed by atoms with van der Waals surface area (Å²) in [5.41, 5.74) is 0.378. The highest BCUT2D eigenvalue weighted by atomic mass is 16.5. The molecule has 2 aliphatic rings. The van der Waals surface area contributed by atoms with E-state index in [1.165, 1.54) is 7.11 Å². The van der Waals surface area contributed by atoms with Gasteiger partial charge in [0, 0.05) is 38.3 Å². The summed E-state index contributed by atoms with van der Waals surface area (Å²) in [7, 11) is 1.53. The van der Waals surface area contributed by atoms with Crippen LogP contribution >= 0.6 is 0 Å². The number of likely N-dealkylation sites (tertiary alicyclic amines) is 1. The summed E-state index contributed by atoms with van der Waals surface area (Å²) in [6.07, 6.45) is 1.07. The van der Waals surface area contributed by atoms with Crippen molar-refractivity contribution in [2.45, 2.75) is 19.4 Å². The van der Waals surface area contributed by atoms with Crippen LogP contribution in [0.3, 0.4) is 0 Å². The van der Waals surface area contributed by atoms with E-state index in [2.05, 4.69) is 22.0 Å². The molecule has 2 atom stereocenters. The predicted molar refractivity (Wildman–Crippen MR) is 84.4 cm³/mol. The van der Waals surface area contributed by atoms with Crippen LogP contribution in [0.25, 0.3) is 0 Å². The van der Waals surface area contributed by atoms with Gasteiger partial charge in [-0.1, -0.05) is 13.3 Å². The van der Waals surface area contributed by atoms with E-state index in [4.69, 9.17) is 9.47 Å². The van der Waals surface area contributed by atoms with Crippen molar-refractivity contribution in [3.8, 4) is 5.88 Å². The minimum atomic E-state index is -0.0469. The molecule has 0 saturated carbocycles. The largest absolute Gasteiger partial charge is 0.480 e. The Morgan fingerprint density at radius 1 is 1.30 bits per heavy atom. The summed E-state index contributed by atoms with van der Waals surface area (Å²) >= 11 is 0. The molecule has 2 fully saturated rings. The molecule has 0 aliphatic carbocycles. The van der Waals surface area contributed by atoms with E-state index < -0.39 is 0 Å². The number of hydrogen-bond acceptors (Lipinski definition) is 6. The molecule has 2 saturated heterocycles. The first-order valence-corrected chi connectivity index (χ1v) is 8.21. The van der Waals surface area contributed by atoms with E-state index in [9.17, 15) is 4.79 Å². The topological polar surface area (TPSA) is 67.8 Å². The molecule has 3 rings (SSSR count). The van der Waals surface area contributed by atoms with Gasteiger partial charge in [0.15, 0.2) is 5.69 Å². The zero-order valence-corrected chi connectivity index (χ0v) is 13.8. The summed E-state index contributed by atoms with van der Waals surface area (Å²) in [6.45, 7) is 7.20. The Kier molecular flexibility index (Phi) is 5.07. The Labute approximate surface area is 136 Å². The number of carbonyl (C=O) groups is 1. The van der Waals surface area contributed by atoms with Crippen LogP contribution in [-0.4, -0.2) is 78.4 Å². The van der Waals surface area contributed by atoms with Gasteiger partial charge >= 0.3 is 0 Å². The maximum absolute atomic E-state index is 12.7. The lowest BCUT2D eigenvalue weighted by atomic mass is 9.99. The monoisotopic (exact) mass is 320 g/mol. The molecule has 7 nitrogen and oxygen atoms in total. The van der Waals surface area contributed by atoms with Gasteiger partial charge in [-0.3, -0.25) is 9.69 Å². The fourth-order valence-corrected chi connectivity index (χ4v) is 3.45. The fourth-order valence-electron chi connectivity index (χ4n) is 3.45. The number of aromatic nitrogens is 2. The summed E-state index contributed by atoms with van der Waals surface area (Å²) in [4.78, 5) is 17.0. The summed E-state index contributed by atoms with van der Waals surface area (Å²) in [6, 6.07) is 3.77. The van der Waals surface area contributed by atoms with Crippen LogP contribution in [0.5, 0.6) is 5.88 Å². The first-order valence-electron chi connectivity index (χ1n) is 8.21. The molecule has 7 heteroatoms. The van der Waals surface area contributed by atoms with Crippen molar-refractivity contribution in [3.05, 3.63) is 17.8 Å². The number of hydrogen-bond donors (Lipinski definition) is 0. The third-order valence-electron chi connectivity index (χ3n) is 4.80. The average Bonchev–Trinajstić information content (AvgIpc) is 3.06. The van der Waals surface area contributed by atoms with E-state index >= 15 is 0 Å². The highest BCUT2D eigenvalue weighted by Gasteiger charge is 2.38. The number of morpholine rings is 1. The van der Waals surface area contributed by atoms with E-state index in [-0.39, 0.29) is 5.91 Å². The second-order valence-electron chi connectivity index (χ2n) is 6.06. The van der Waals surface area contributed by atoms with Crippen molar-refractivity contribution in [1.29, 1.82) is 0 Å². The normalized spacial score (nSPS) is 25.6. The van der Waals surface area contributed by atoms with E-state index in [1.54, 1.807) is 12.1 Å². The van der Waals surface area contributed by atoms with Crippen LogP contribution in [0.1, 0.15) is 23.8 Å². The number of carbonyl (C=O) groups excluding carboxylic acids is 1. The van der Waals surface area contributed by atoms with Crippen LogP contribution in [0.2, 0.25) is 0 Å². The van der Waals surface area contributed by atoms with Crippen LogP contribution in [0.4, 0.5) is 0 Å². The molecule has 3 heterocycles. The first kappa shape index (κ1) is 16.1. The smallest absolute Gasteiger partial charge is 0.274 e. The second kappa shape index (κ2) is 7.23. The fraction of sp³-hybridized carbons (Fsp3) is 0.688. The van der Waals surface area contributed by atoms with Crippen LogP contribution in [0, 0.1) is 5.92 Å². The van der Waals surface area contributed by atoms with Crippen molar-refractivity contribution in [2.24, 2.45) is 5.92 Å². The van der Waals surface area contributed by atoms with Gasteiger partial charge in [-0.15, -0.1) is 10.2 Å². The standard InChI is InChI=1S/C16H24N4O3/c1-3-12-10-20(11-14(12)19-6-8-23-9-7-19)16(21)13-4-5-15(22-2)18-17-13/h4-5,12,14H,3,6-11H2,1-2H3/t12-,14-/m1/s1. The van der Waals surface area contributed by atoms with E-state index in [1.807, 2.05) is 4.90 Å². The van der Waals surface area contributed by atoms with Gasteiger partial charge in [0.2, 0.25) is 5.88 Å². The lowest BCUT2D eigenvalue weighted by Crippen LogP contribution is -2.47. The highest BCUT2D eigenvalue weighted by Crippen LogP contribution is 2.26. The maximum Gasteiger partial charge on any atom is 0.274 e. The van der Waals surface area contributed by atoms with Gasteiger partial charge in [-0.25, -0.2) is 0 Å². The van der Waals surface area contributed by atoms with Gasteiger partial charge in [0.25, 0.3) is 5.91 Å².